The van der Waals surface area contributed by atoms with Gasteiger partial charge in [0.1, 0.15) is 41.5 Å². The number of nitrogen functional groups attached to an aromatic ring is 1. The van der Waals surface area contributed by atoms with E-state index in [1.807, 2.05) is 0 Å². The minimum atomic E-state index is -2.53. The van der Waals surface area contributed by atoms with E-state index in [1.54, 1.807) is 78.9 Å². The number of fused-ring (bicyclic) bond motifs is 5. The van der Waals surface area contributed by atoms with Gasteiger partial charge in [-0.3, -0.25) is 34.5 Å². The number of anilines is 2. The number of esters is 4. The summed E-state index contributed by atoms with van der Waals surface area (Å²) in [4.78, 5) is 110. The van der Waals surface area contributed by atoms with Crippen molar-refractivity contribution in [2.75, 3.05) is 30.7 Å². The minimum Gasteiger partial charge on any atom is -0.507 e. The molecule has 11 atom stereocenters. The van der Waals surface area contributed by atoms with E-state index in [9.17, 15) is 44.4 Å². The van der Waals surface area contributed by atoms with Crippen LogP contribution in [-0.4, -0.2) is 142 Å². The highest BCUT2D eigenvalue weighted by atomic mass is 16.6. The number of nitrogens with zero attached hydrogens (tertiary/aromatic N) is 2. The van der Waals surface area contributed by atoms with E-state index in [4.69, 9.17) is 34.2 Å². The maximum atomic E-state index is 15.9. The van der Waals surface area contributed by atoms with Gasteiger partial charge in [-0.2, -0.15) is 0 Å². The normalized spacial score (nSPS) is 26.3. The lowest BCUT2D eigenvalue weighted by Crippen LogP contribution is -2.82. The van der Waals surface area contributed by atoms with Crippen molar-refractivity contribution in [2.45, 2.75) is 108 Å². The number of hydrogen-bond donors (Lipinski definition) is 7. The van der Waals surface area contributed by atoms with Crippen LogP contribution in [-0.2, 0) is 47.6 Å². The van der Waals surface area contributed by atoms with E-state index in [2.05, 4.69) is 20.6 Å². The van der Waals surface area contributed by atoms with Crippen molar-refractivity contribution in [2.24, 2.45) is 26.7 Å². The average Bonchev–Trinajstić information content (AvgIpc) is 0.691. The molecule has 2 saturated carbocycles. The van der Waals surface area contributed by atoms with Crippen LogP contribution in [0.2, 0.25) is 0 Å². The zero-order chi connectivity index (χ0) is 61.9. The van der Waals surface area contributed by atoms with Crippen molar-refractivity contribution in [3.8, 4) is 11.5 Å². The second-order valence-corrected chi connectivity index (χ2v) is 22.5. The predicted octanol–water partition coefficient (Wildman–Crippen LogP) is 6.52. The summed E-state index contributed by atoms with van der Waals surface area (Å²) >= 11 is 0. The molecular formula is C64H67N5O17. The maximum Gasteiger partial charge on any atom is 0.412 e. The summed E-state index contributed by atoms with van der Waals surface area (Å²) in [6.07, 6.45) is -9.78. The first-order chi connectivity index (χ1) is 40.9. The quantitative estimate of drug-likeness (QED) is 0.00990. The molecule has 1 aliphatic heterocycles. The Kier molecular flexibility index (Phi) is 17.7. The lowest BCUT2D eigenvalue weighted by atomic mass is 9.44. The number of aromatic hydroxyl groups is 2. The van der Waals surface area contributed by atoms with Gasteiger partial charge in [0.05, 0.1) is 42.7 Å². The lowest BCUT2D eigenvalue weighted by molar-refractivity contribution is -0.346. The Labute approximate surface area is 495 Å². The van der Waals surface area contributed by atoms with Gasteiger partial charge in [-0.25, -0.2) is 14.4 Å². The third-order valence-corrected chi connectivity index (χ3v) is 16.8. The molecule has 1 saturated heterocycles. The van der Waals surface area contributed by atoms with Crippen LogP contribution in [0.4, 0.5) is 16.2 Å². The van der Waals surface area contributed by atoms with E-state index >= 15 is 9.59 Å². The first-order valence-corrected chi connectivity index (χ1v) is 27.8. The smallest absolute Gasteiger partial charge is 0.412 e. The van der Waals surface area contributed by atoms with Crippen molar-refractivity contribution in [1.82, 2.24) is 5.32 Å². The summed E-state index contributed by atoms with van der Waals surface area (Å²) in [7, 11) is 0. The van der Waals surface area contributed by atoms with E-state index in [1.165, 1.54) is 88.7 Å². The zero-order valence-electron chi connectivity index (χ0n) is 48.0. The predicted molar refractivity (Wildman–Crippen MR) is 311 cm³/mol. The van der Waals surface area contributed by atoms with Gasteiger partial charge in [-0.1, -0.05) is 80.6 Å². The van der Waals surface area contributed by atoms with Crippen molar-refractivity contribution in [3.63, 3.8) is 0 Å². The molecule has 3 aliphatic carbocycles. The molecule has 3 fully saturated rings. The highest BCUT2D eigenvalue weighted by Gasteiger charge is 2.78. The number of hydrogen-bond acceptors (Lipinski definition) is 20. The highest BCUT2D eigenvalue weighted by molar-refractivity contribution is 5.97. The number of amides is 2. The molecule has 0 radical (unpaired) electrons. The van der Waals surface area contributed by atoms with Gasteiger partial charge in [0, 0.05) is 72.6 Å². The molecule has 22 nitrogen and oxygen atoms in total. The van der Waals surface area contributed by atoms with Crippen molar-refractivity contribution < 1.29 is 82.4 Å². The molecule has 5 aromatic carbocycles. The first kappa shape index (κ1) is 61.3. The lowest BCUT2D eigenvalue weighted by Gasteiger charge is -2.67. The summed E-state index contributed by atoms with van der Waals surface area (Å²) in [5.41, 5.74) is -1.02. The molecule has 2 amide bonds. The molecule has 0 aromatic heterocycles. The number of nitrogens with two attached hydrogens (primary N) is 1. The zero-order valence-corrected chi connectivity index (χ0v) is 48.0. The van der Waals surface area contributed by atoms with Crippen LogP contribution in [0.15, 0.2) is 149 Å². The number of ketones is 1. The molecule has 9 rings (SSSR count). The molecule has 450 valence electrons. The summed E-state index contributed by atoms with van der Waals surface area (Å²) < 4.78 is 37.1. The second-order valence-electron chi connectivity index (χ2n) is 22.5. The summed E-state index contributed by atoms with van der Waals surface area (Å²) in [5.74, 6) is -7.58. The maximum absolute atomic E-state index is 15.9. The summed E-state index contributed by atoms with van der Waals surface area (Å²) in [5, 5.41) is 52.7. The highest BCUT2D eigenvalue weighted by Crippen LogP contribution is 2.64. The van der Waals surface area contributed by atoms with Gasteiger partial charge in [-0.05, 0) is 91.2 Å². The third-order valence-electron chi connectivity index (χ3n) is 16.8. The van der Waals surface area contributed by atoms with E-state index < -0.39 is 119 Å². The van der Waals surface area contributed by atoms with Crippen LogP contribution < -0.4 is 16.4 Å². The van der Waals surface area contributed by atoms with Crippen molar-refractivity contribution in [3.05, 3.63) is 166 Å². The Hall–Kier alpha value is -9.25. The fourth-order valence-electron chi connectivity index (χ4n) is 12.4. The largest absolute Gasteiger partial charge is 0.507 e. The number of aliphatic hydroxyl groups is 2. The standard InChI is InChI=1S/C64H67N5O17/c1-35-47(31-64(80)56(85-58(77)40-20-14-9-15-21-40)54-62(6,48(74)30-49-63(54,34-81-49)86-37(3)71)55(75)52(82-36(2)70)50(35)61(64,4)5)83-59(78)53(51(38-16-10-7-11-17-38)69-57(76)39-18-12-8-13-19-39)84-60(79)68-44-23-25-46(73)42(29-44)33-67-27-26-66-32-41-28-43(65)22-24-45(41)72/h7-25,28-29,32-33,47-49,51-54,56,72-74,80H,26-27,30-31,34,65H2,1-6H3,(H,68,79)(H,69,76)/t47-,48-,49+,51-,52+,53+,54-,56-,62+,63-,64+/m0/s1. The Morgan fingerprint density at radius 2 is 1.37 bits per heavy atom. The summed E-state index contributed by atoms with van der Waals surface area (Å²) in [6, 6.07) is 30.8. The Morgan fingerprint density at radius 1 is 0.779 bits per heavy atom. The molecule has 1 heterocycles. The van der Waals surface area contributed by atoms with Gasteiger partial charge < -0.3 is 59.9 Å². The number of aliphatic imine (C=N–C) groups is 2. The van der Waals surface area contributed by atoms with Crippen LogP contribution in [0.5, 0.6) is 11.5 Å². The number of phenolic OH excluding ortho intramolecular Hbond substituents is 2. The SMILES string of the molecule is CC(=O)O[C@H]1C(=O)[C@@]2(C)[C@H]([C@H](OC(=O)c3ccccc3)[C@]3(O)C[C@H](OC(=O)[C@H](OC(=O)Nc4ccc(O)c(C=NCCN=Cc5cc(N)ccc5O)c4)[C@@H](NC(=O)c4ccccc4)c4ccccc4)C(C)=C1C3(C)C)[C@]1(OC(C)=O)CO[C@@H]1C[C@@H]2O. The number of phenols is 2. The topological polar surface area (TPSA) is 331 Å². The number of carbonyl (C=O) groups is 7. The number of ether oxygens (including phenoxy) is 6. The molecule has 5 aromatic rings. The monoisotopic (exact) mass is 1180 g/mol. The van der Waals surface area contributed by atoms with Crippen LogP contribution in [0.1, 0.15) is 97.8 Å². The molecule has 0 spiro atoms. The molecular weight excluding hydrogens is 1110 g/mol. The first-order valence-electron chi connectivity index (χ1n) is 27.8. The molecule has 86 heavy (non-hydrogen) atoms. The van der Waals surface area contributed by atoms with E-state index in [0.717, 1.165) is 13.8 Å². The molecule has 2 bridgehead atoms. The molecule has 4 aliphatic rings. The van der Waals surface area contributed by atoms with Crippen LogP contribution in [0.3, 0.4) is 0 Å². The van der Waals surface area contributed by atoms with E-state index in [0.29, 0.717) is 11.3 Å². The molecule has 0 unspecified atom stereocenters. The average molecular weight is 1180 g/mol. The molecule has 22 heteroatoms. The van der Waals surface area contributed by atoms with Crippen LogP contribution >= 0.6 is 0 Å². The van der Waals surface area contributed by atoms with Crippen LogP contribution in [0, 0.1) is 16.7 Å². The molecule has 8 N–H and O–H groups in total. The Morgan fingerprint density at radius 3 is 1.97 bits per heavy atom. The van der Waals surface area contributed by atoms with Gasteiger partial charge in [0.2, 0.25) is 6.10 Å². The minimum absolute atomic E-state index is 0.00809. The van der Waals surface area contributed by atoms with Gasteiger partial charge >= 0.3 is 30.0 Å². The van der Waals surface area contributed by atoms with Crippen LogP contribution in [0.25, 0.3) is 0 Å². The van der Waals surface area contributed by atoms with Crippen molar-refractivity contribution >= 4 is 65.5 Å². The van der Waals surface area contributed by atoms with Gasteiger partial charge in [0.15, 0.2) is 17.5 Å². The number of benzene rings is 5. The Bertz CT molecular complexity index is 3520. The fourth-order valence-corrected chi connectivity index (χ4v) is 12.4. The number of rotatable bonds is 17. The van der Waals surface area contributed by atoms with Gasteiger partial charge in [-0.15, -0.1) is 0 Å². The Balaban J connectivity index is 1.11. The number of aliphatic hydroxyl groups excluding tert-OH is 1. The number of nitrogens with one attached hydrogen (secondary N) is 2. The van der Waals surface area contributed by atoms with Gasteiger partial charge in [0.25, 0.3) is 5.91 Å². The number of carbonyl (C=O) groups excluding carboxylic acids is 7. The van der Waals surface area contributed by atoms with E-state index in [-0.39, 0.29) is 76.7 Å². The summed E-state index contributed by atoms with van der Waals surface area (Å²) in [6.45, 7) is 8.06. The number of Topliss-reactive ketones (excluding diaryl/α,β-unsaturated/α-hetero) is 1. The fraction of sp³-hybridized carbons (Fsp3) is 0.359. The third kappa shape index (κ3) is 11.9. The van der Waals surface area contributed by atoms with Crippen molar-refractivity contribution in [1.29, 1.82) is 0 Å². The second kappa shape index (κ2) is 24.8.